The van der Waals surface area contributed by atoms with Crippen molar-refractivity contribution in [3.63, 3.8) is 0 Å². The predicted octanol–water partition coefficient (Wildman–Crippen LogP) is 4.91. The Labute approximate surface area is 175 Å². The number of rotatable bonds is 7. The Balaban J connectivity index is 1.36. The van der Waals surface area contributed by atoms with Gasteiger partial charge in [0.25, 0.3) is 0 Å². The van der Waals surface area contributed by atoms with E-state index in [1.165, 1.54) is 16.5 Å². The summed E-state index contributed by atoms with van der Waals surface area (Å²) in [7, 11) is 0. The van der Waals surface area contributed by atoms with E-state index >= 15 is 0 Å². The number of amides is 1. The SMILES string of the molecule is Cc1ccc(SCCNC(=O)C2CCN(Cc3ccc(Cl)cc3F)CC2)cc1. The second-order valence-corrected chi connectivity index (χ2v) is 8.84. The van der Waals surface area contributed by atoms with Crippen LogP contribution in [-0.4, -0.2) is 36.2 Å². The molecule has 0 atom stereocenters. The standard InChI is InChI=1S/C22H26ClFN2OS/c1-16-2-6-20(7-3-16)28-13-10-25-22(27)17-8-11-26(12-9-17)15-18-4-5-19(23)14-21(18)24/h2-7,14,17H,8-13,15H2,1H3,(H,25,27). The average molecular weight is 421 g/mol. The number of hydrogen-bond acceptors (Lipinski definition) is 3. The number of hydrogen-bond donors (Lipinski definition) is 1. The number of thioether (sulfide) groups is 1. The van der Waals surface area contributed by atoms with E-state index in [2.05, 4.69) is 41.4 Å². The van der Waals surface area contributed by atoms with Gasteiger partial charge < -0.3 is 5.32 Å². The lowest BCUT2D eigenvalue weighted by molar-refractivity contribution is -0.126. The van der Waals surface area contributed by atoms with Gasteiger partial charge in [0.15, 0.2) is 0 Å². The number of aryl methyl sites for hydroxylation is 1. The van der Waals surface area contributed by atoms with Crippen LogP contribution in [0.4, 0.5) is 4.39 Å². The van der Waals surface area contributed by atoms with Crippen molar-refractivity contribution in [2.45, 2.75) is 31.2 Å². The third-order valence-electron chi connectivity index (χ3n) is 5.06. The molecule has 3 rings (SSSR count). The van der Waals surface area contributed by atoms with Crippen molar-refractivity contribution in [1.82, 2.24) is 10.2 Å². The third kappa shape index (κ3) is 6.23. The minimum atomic E-state index is -0.265. The Hall–Kier alpha value is -1.56. The van der Waals surface area contributed by atoms with Crippen molar-refractivity contribution < 1.29 is 9.18 Å². The summed E-state index contributed by atoms with van der Waals surface area (Å²) in [6.45, 7) is 4.92. The van der Waals surface area contributed by atoms with E-state index in [4.69, 9.17) is 11.6 Å². The normalized spacial score (nSPS) is 15.5. The van der Waals surface area contributed by atoms with E-state index in [1.807, 2.05) is 0 Å². The first-order valence-corrected chi connectivity index (χ1v) is 11.0. The van der Waals surface area contributed by atoms with Crippen LogP contribution >= 0.6 is 23.4 Å². The number of carbonyl (C=O) groups is 1. The Kier molecular flexibility index (Phi) is 7.77. The molecule has 150 valence electrons. The zero-order valence-corrected chi connectivity index (χ0v) is 17.7. The molecule has 0 radical (unpaired) electrons. The molecule has 0 spiro atoms. The molecule has 0 unspecified atom stereocenters. The molecule has 1 aliphatic rings. The van der Waals surface area contributed by atoms with E-state index in [0.717, 1.165) is 31.7 Å². The summed E-state index contributed by atoms with van der Waals surface area (Å²) in [6.07, 6.45) is 1.62. The summed E-state index contributed by atoms with van der Waals surface area (Å²) in [6, 6.07) is 13.2. The summed E-state index contributed by atoms with van der Waals surface area (Å²) in [5, 5.41) is 3.47. The van der Waals surface area contributed by atoms with Gasteiger partial charge in [0.1, 0.15) is 5.82 Å². The molecule has 0 aliphatic carbocycles. The highest BCUT2D eigenvalue weighted by atomic mass is 35.5. The van der Waals surface area contributed by atoms with Crippen LogP contribution in [0.15, 0.2) is 47.4 Å². The highest BCUT2D eigenvalue weighted by Gasteiger charge is 2.25. The minimum Gasteiger partial charge on any atom is -0.355 e. The molecule has 1 saturated heterocycles. The van der Waals surface area contributed by atoms with Gasteiger partial charge in [-0.15, -0.1) is 11.8 Å². The average Bonchev–Trinajstić information content (AvgIpc) is 2.69. The number of benzene rings is 2. The van der Waals surface area contributed by atoms with Crippen LogP contribution in [-0.2, 0) is 11.3 Å². The first-order valence-electron chi connectivity index (χ1n) is 9.65. The van der Waals surface area contributed by atoms with Crippen LogP contribution in [0.1, 0.15) is 24.0 Å². The molecule has 0 saturated carbocycles. The molecule has 0 bridgehead atoms. The van der Waals surface area contributed by atoms with Crippen molar-refractivity contribution in [2.24, 2.45) is 5.92 Å². The second kappa shape index (κ2) is 10.3. The Bertz CT molecular complexity index is 792. The molecule has 2 aromatic rings. The highest BCUT2D eigenvalue weighted by molar-refractivity contribution is 7.99. The lowest BCUT2D eigenvalue weighted by Gasteiger charge is -2.31. The predicted molar refractivity (Wildman–Crippen MR) is 114 cm³/mol. The quantitative estimate of drug-likeness (QED) is 0.510. The smallest absolute Gasteiger partial charge is 0.223 e. The second-order valence-electron chi connectivity index (χ2n) is 7.24. The van der Waals surface area contributed by atoms with E-state index in [9.17, 15) is 9.18 Å². The maximum absolute atomic E-state index is 13.9. The molecule has 1 amide bonds. The third-order valence-corrected chi connectivity index (χ3v) is 6.31. The summed E-state index contributed by atoms with van der Waals surface area (Å²) >= 11 is 7.56. The molecule has 1 aliphatic heterocycles. The van der Waals surface area contributed by atoms with Crippen molar-refractivity contribution in [2.75, 3.05) is 25.4 Å². The van der Waals surface area contributed by atoms with Gasteiger partial charge in [-0.25, -0.2) is 4.39 Å². The van der Waals surface area contributed by atoms with Gasteiger partial charge in [-0.1, -0.05) is 35.4 Å². The number of nitrogens with one attached hydrogen (secondary N) is 1. The Morgan fingerprint density at radius 3 is 2.61 bits per heavy atom. The van der Waals surface area contributed by atoms with Gasteiger partial charge >= 0.3 is 0 Å². The van der Waals surface area contributed by atoms with Gasteiger partial charge in [-0.2, -0.15) is 0 Å². The monoisotopic (exact) mass is 420 g/mol. The molecule has 1 N–H and O–H groups in total. The summed E-state index contributed by atoms with van der Waals surface area (Å²) < 4.78 is 13.9. The number of halogens is 2. The van der Waals surface area contributed by atoms with Crippen LogP contribution in [0, 0.1) is 18.7 Å². The lowest BCUT2D eigenvalue weighted by Crippen LogP contribution is -2.40. The van der Waals surface area contributed by atoms with E-state index in [1.54, 1.807) is 23.9 Å². The molecule has 6 heteroatoms. The number of piperidine rings is 1. The highest BCUT2D eigenvalue weighted by Crippen LogP contribution is 2.22. The van der Waals surface area contributed by atoms with Crippen molar-refractivity contribution in [3.8, 4) is 0 Å². The van der Waals surface area contributed by atoms with E-state index in [-0.39, 0.29) is 17.6 Å². The Morgan fingerprint density at radius 1 is 1.21 bits per heavy atom. The number of likely N-dealkylation sites (tertiary alicyclic amines) is 1. The number of nitrogens with zero attached hydrogens (tertiary/aromatic N) is 1. The molecule has 1 heterocycles. The van der Waals surface area contributed by atoms with Crippen LogP contribution < -0.4 is 5.32 Å². The fourth-order valence-corrected chi connectivity index (χ4v) is 4.29. The molecular formula is C22H26ClFN2OS. The molecule has 2 aromatic carbocycles. The molecule has 28 heavy (non-hydrogen) atoms. The van der Waals surface area contributed by atoms with E-state index < -0.39 is 0 Å². The van der Waals surface area contributed by atoms with Crippen molar-refractivity contribution in [1.29, 1.82) is 0 Å². The fourth-order valence-electron chi connectivity index (χ4n) is 3.37. The summed E-state index contributed by atoms with van der Waals surface area (Å²) in [5.41, 5.74) is 1.91. The van der Waals surface area contributed by atoms with Gasteiger partial charge in [-0.05, 0) is 57.1 Å². The lowest BCUT2D eigenvalue weighted by atomic mass is 9.95. The first-order chi connectivity index (χ1) is 13.5. The Morgan fingerprint density at radius 2 is 1.93 bits per heavy atom. The van der Waals surface area contributed by atoms with Gasteiger partial charge in [0.05, 0.1) is 0 Å². The van der Waals surface area contributed by atoms with Gasteiger partial charge in [0, 0.05) is 40.2 Å². The van der Waals surface area contributed by atoms with Crippen LogP contribution in [0.5, 0.6) is 0 Å². The molecule has 3 nitrogen and oxygen atoms in total. The topological polar surface area (TPSA) is 32.3 Å². The largest absolute Gasteiger partial charge is 0.355 e. The van der Waals surface area contributed by atoms with Crippen molar-refractivity contribution >= 4 is 29.3 Å². The van der Waals surface area contributed by atoms with Gasteiger partial charge in [0.2, 0.25) is 5.91 Å². The van der Waals surface area contributed by atoms with Gasteiger partial charge in [-0.3, -0.25) is 9.69 Å². The molecule has 1 fully saturated rings. The maximum Gasteiger partial charge on any atom is 0.223 e. The first kappa shape index (κ1) is 21.2. The molecular weight excluding hydrogens is 395 g/mol. The fraction of sp³-hybridized carbons (Fsp3) is 0.409. The summed E-state index contributed by atoms with van der Waals surface area (Å²) in [5.74, 6) is 0.791. The van der Waals surface area contributed by atoms with Crippen LogP contribution in [0.2, 0.25) is 5.02 Å². The van der Waals surface area contributed by atoms with Crippen LogP contribution in [0.25, 0.3) is 0 Å². The number of carbonyl (C=O) groups excluding carboxylic acids is 1. The van der Waals surface area contributed by atoms with Crippen molar-refractivity contribution in [3.05, 3.63) is 64.4 Å². The van der Waals surface area contributed by atoms with Crippen LogP contribution in [0.3, 0.4) is 0 Å². The summed E-state index contributed by atoms with van der Waals surface area (Å²) in [4.78, 5) is 15.8. The zero-order chi connectivity index (χ0) is 19.9. The zero-order valence-electron chi connectivity index (χ0n) is 16.1. The molecule has 0 aromatic heterocycles. The minimum absolute atomic E-state index is 0.0516. The van der Waals surface area contributed by atoms with E-state index in [0.29, 0.717) is 23.7 Å². The maximum atomic E-state index is 13.9.